The van der Waals surface area contributed by atoms with Gasteiger partial charge in [0, 0.05) is 13.1 Å². The normalized spacial score (nSPS) is 21.9. The van der Waals surface area contributed by atoms with Gasteiger partial charge in [-0.2, -0.15) is 0 Å². The van der Waals surface area contributed by atoms with Gasteiger partial charge in [-0.3, -0.25) is 0 Å². The molecule has 0 heterocycles. The zero-order valence-corrected chi connectivity index (χ0v) is 12.2. The second-order valence-electron chi connectivity index (χ2n) is 5.19. The van der Waals surface area contributed by atoms with E-state index >= 15 is 0 Å². The van der Waals surface area contributed by atoms with Crippen LogP contribution in [0.5, 0.6) is 11.5 Å². The number of para-hydroxylation sites is 2. The number of aliphatic hydroxyl groups excluding tert-OH is 1. The van der Waals surface area contributed by atoms with E-state index in [1.807, 2.05) is 31.2 Å². The van der Waals surface area contributed by atoms with Crippen molar-refractivity contribution in [2.75, 3.05) is 26.3 Å². The lowest BCUT2D eigenvalue weighted by Gasteiger charge is -2.16. The van der Waals surface area contributed by atoms with E-state index in [1.165, 1.54) is 0 Å². The molecule has 2 atom stereocenters. The highest BCUT2D eigenvalue weighted by molar-refractivity contribution is 5.39. The summed E-state index contributed by atoms with van der Waals surface area (Å²) in [6.45, 7) is 4.86. The molecule has 0 aliphatic heterocycles. The molecule has 0 bridgehead atoms. The number of nitrogens with one attached hydrogen (secondary N) is 1. The summed E-state index contributed by atoms with van der Waals surface area (Å²) in [5.74, 6) is 1.99. The quantitative estimate of drug-likeness (QED) is 0.716. The first kappa shape index (κ1) is 15.1. The van der Waals surface area contributed by atoms with Crippen molar-refractivity contribution < 1.29 is 14.6 Å². The van der Waals surface area contributed by atoms with Crippen LogP contribution in [0.4, 0.5) is 0 Å². The van der Waals surface area contributed by atoms with E-state index in [9.17, 15) is 5.11 Å². The minimum Gasteiger partial charge on any atom is -0.490 e. The Morgan fingerprint density at radius 1 is 1.20 bits per heavy atom. The Balaban J connectivity index is 1.65. The SMILES string of the molecule is CCOc1ccccc1OCCNCC1CCCC1O. The number of aliphatic hydroxyl groups is 1. The predicted octanol–water partition coefficient (Wildman–Crippen LogP) is 2.21. The van der Waals surface area contributed by atoms with Crippen LogP contribution in [-0.4, -0.2) is 37.5 Å². The zero-order valence-electron chi connectivity index (χ0n) is 12.2. The Kier molecular flexibility index (Phi) is 6.15. The molecule has 1 aliphatic carbocycles. The van der Waals surface area contributed by atoms with Gasteiger partial charge < -0.3 is 19.9 Å². The lowest BCUT2D eigenvalue weighted by atomic mass is 10.1. The Morgan fingerprint density at radius 2 is 1.95 bits per heavy atom. The third-order valence-corrected chi connectivity index (χ3v) is 3.71. The van der Waals surface area contributed by atoms with Crippen LogP contribution >= 0.6 is 0 Å². The van der Waals surface area contributed by atoms with Crippen LogP contribution in [0.3, 0.4) is 0 Å². The van der Waals surface area contributed by atoms with Crippen LogP contribution in [0.15, 0.2) is 24.3 Å². The van der Waals surface area contributed by atoms with E-state index < -0.39 is 0 Å². The molecule has 2 unspecified atom stereocenters. The standard InChI is InChI=1S/C16H25NO3/c1-2-19-15-8-3-4-9-16(15)20-11-10-17-12-13-6-5-7-14(13)18/h3-4,8-9,13-14,17-18H,2,5-7,10-12H2,1H3. The fourth-order valence-corrected chi connectivity index (χ4v) is 2.62. The van der Waals surface area contributed by atoms with Gasteiger partial charge in [-0.25, -0.2) is 0 Å². The van der Waals surface area contributed by atoms with Gasteiger partial charge in [0.1, 0.15) is 6.61 Å². The maximum atomic E-state index is 9.73. The number of ether oxygens (including phenoxy) is 2. The van der Waals surface area contributed by atoms with Crippen molar-refractivity contribution in [2.24, 2.45) is 5.92 Å². The topological polar surface area (TPSA) is 50.7 Å². The first-order valence-electron chi connectivity index (χ1n) is 7.54. The molecule has 0 spiro atoms. The average Bonchev–Trinajstić information content (AvgIpc) is 2.86. The average molecular weight is 279 g/mol. The summed E-state index contributed by atoms with van der Waals surface area (Å²) < 4.78 is 11.2. The number of hydrogen-bond donors (Lipinski definition) is 2. The maximum absolute atomic E-state index is 9.73. The summed E-state index contributed by atoms with van der Waals surface area (Å²) >= 11 is 0. The molecule has 112 valence electrons. The minimum absolute atomic E-state index is 0.123. The van der Waals surface area contributed by atoms with Gasteiger partial charge in [0.05, 0.1) is 12.7 Å². The lowest BCUT2D eigenvalue weighted by molar-refractivity contribution is 0.131. The van der Waals surface area contributed by atoms with Gasteiger partial charge in [-0.05, 0) is 37.8 Å². The van der Waals surface area contributed by atoms with E-state index in [0.717, 1.165) is 43.9 Å². The number of hydrogen-bond acceptors (Lipinski definition) is 4. The predicted molar refractivity (Wildman–Crippen MR) is 79.3 cm³/mol. The molecule has 1 aromatic rings. The highest BCUT2D eigenvalue weighted by Crippen LogP contribution is 2.26. The summed E-state index contributed by atoms with van der Waals surface area (Å²) in [5, 5.41) is 13.1. The minimum atomic E-state index is -0.123. The summed E-state index contributed by atoms with van der Waals surface area (Å²) in [5.41, 5.74) is 0. The first-order chi connectivity index (χ1) is 9.81. The fourth-order valence-electron chi connectivity index (χ4n) is 2.62. The Bertz CT molecular complexity index is 397. The molecule has 1 saturated carbocycles. The van der Waals surface area contributed by atoms with Crippen LogP contribution in [0.2, 0.25) is 0 Å². The van der Waals surface area contributed by atoms with Gasteiger partial charge in [-0.1, -0.05) is 18.6 Å². The molecule has 1 fully saturated rings. The third-order valence-electron chi connectivity index (χ3n) is 3.71. The molecule has 0 saturated heterocycles. The first-order valence-corrected chi connectivity index (χ1v) is 7.54. The van der Waals surface area contributed by atoms with Crippen molar-refractivity contribution in [2.45, 2.75) is 32.3 Å². The van der Waals surface area contributed by atoms with E-state index in [2.05, 4.69) is 5.32 Å². The largest absolute Gasteiger partial charge is 0.490 e. The fraction of sp³-hybridized carbons (Fsp3) is 0.625. The molecule has 2 N–H and O–H groups in total. The van der Waals surface area contributed by atoms with E-state index in [0.29, 0.717) is 19.1 Å². The second-order valence-corrected chi connectivity index (χ2v) is 5.19. The van der Waals surface area contributed by atoms with Crippen LogP contribution in [-0.2, 0) is 0 Å². The number of benzene rings is 1. The molecule has 0 amide bonds. The van der Waals surface area contributed by atoms with Crippen molar-refractivity contribution in [3.8, 4) is 11.5 Å². The van der Waals surface area contributed by atoms with Crippen LogP contribution in [0, 0.1) is 5.92 Å². The summed E-state index contributed by atoms with van der Waals surface area (Å²) in [6.07, 6.45) is 3.10. The van der Waals surface area contributed by atoms with Crippen molar-refractivity contribution >= 4 is 0 Å². The van der Waals surface area contributed by atoms with Gasteiger partial charge in [0.15, 0.2) is 11.5 Å². The van der Waals surface area contributed by atoms with Crippen LogP contribution in [0.25, 0.3) is 0 Å². The Morgan fingerprint density at radius 3 is 2.60 bits per heavy atom. The molecule has 0 radical (unpaired) electrons. The van der Waals surface area contributed by atoms with Crippen LogP contribution < -0.4 is 14.8 Å². The highest BCUT2D eigenvalue weighted by Gasteiger charge is 2.24. The van der Waals surface area contributed by atoms with Crippen LogP contribution in [0.1, 0.15) is 26.2 Å². The van der Waals surface area contributed by atoms with E-state index in [-0.39, 0.29) is 6.10 Å². The molecule has 4 nitrogen and oxygen atoms in total. The number of rotatable bonds is 8. The summed E-state index contributed by atoms with van der Waals surface area (Å²) in [7, 11) is 0. The van der Waals surface area contributed by atoms with Gasteiger partial charge in [0.2, 0.25) is 0 Å². The second kappa shape index (κ2) is 8.12. The molecule has 0 aromatic heterocycles. The highest BCUT2D eigenvalue weighted by atomic mass is 16.5. The zero-order chi connectivity index (χ0) is 14.2. The van der Waals surface area contributed by atoms with Crippen molar-refractivity contribution in [1.82, 2.24) is 5.32 Å². The lowest BCUT2D eigenvalue weighted by Crippen LogP contribution is -2.30. The smallest absolute Gasteiger partial charge is 0.161 e. The molecule has 1 aromatic carbocycles. The molecule has 1 aliphatic rings. The molecule has 4 heteroatoms. The Hall–Kier alpha value is -1.26. The van der Waals surface area contributed by atoms with Gasteiger partial charge in [0.25, 0.3) is 0 Å². The van der Waals surface area contributed by atoms with Crippen molar-refractivity contribution in [3.05, 3.63) is 24.3 Å². The Labute approximate surface area is 121 Å². The molecular weight excluding hydrogens is 254 g/mol. The van der Waals surface area contributed by atoms with Crippen molar-refractivity contribution in [3.63, 3.8) is 0 Å². The molecular formula is C16H25NO3. The van der Waals surface area contributed by atoms with E-state index in [4.69, 9.17) is 9.47 Å². The van der Waals surface area contributed by atoms with Gasteiger partial charge >= 0.3 is 0 Å². The maximum Gasteiger partial charge on any atom is 0.161 e. The van der Waals surface area contributed by atoms with Gasteiger partial charge in [-0.15, -0.1) is 0 Å². The summed E-state index contributed by atoms with van der Waals surface area (Å²) in [6, 6.07) is 7.73. The summed E-state index contributed by atoms with van der Waals surface area (Å²) in [4.78, 5) is 0. The third kappa shape index (κ3) is 4.39. The van der Waals surface area contributed by atoms with E-state index in [1.54, 1.807) is 0 Å². The molecule has 2 rings (SSSR count). The monoisotopic (exact) mass is 279 g/mol. The molecule has 20 heavy (non-hydrogen) atoms. The van der Waals surface area contributed by atoms with Crippen molar-refractivity contribution in [1.29, 1.82) is 0 Å².